The number of amides is 1. The third kappa shape index (κ3) is 4.44. The minimum Gasteiger partial charge on any atom is -0.354 e. The second-order valence-corrected chi connectivity index (χ2v) is 7.54. The molecular weight excluding hydrogens is 409 g/mol. The first kappa shape index (κ1) is 21.4. The molecule has 4 rings (SSSR count). The molecule has 2 aromatic heterocycles. The number of halogens is 1. The molecule has 4 aromatic rings. The Morgan fingerprint density at radius 2 is 1.88 bits per heavy atom. The zero-order valence-electron chi connectivity index (χ0n) is 17.7. The maximum absolute atomic E-state index is 13.9. The van der Waals surface area contributed by atoms with Gasteiger partial charge in [0.2, 0.25) is 5.91 Å². The van der Waals surface area contributed by atoms with Gasteiger partial charge in [-0.25, -0.2) is 14.1 Å². The zero-order valence-corrected chi connectivity index (χ0v) is 17.7. The fourth-order valence-electron chi connectivity index (χ4n) is 3.75. The Labute approximate surface area is 184 Å². The predicted octanol–water partition coefficient (Wildman–Crippen LogP) is 3.09. The van der Waals surface area contributed by atoms with Crippen molar-refractivity contribution in [2.24, 2.45) is 0 Å². The molecular formula is C24H24FN5O2. The van der Waals surface area contributed by atoms with Crippen molar-refractivity contribution in [3.05, 3.63) is 94.4 Å². The maximum atomic E-state index is 13.9. The largest absolute Gasteiger partial charge is 0.354 e. The van der Waals surface area contributed by atoms with Gasteiger partial charge >= 0.3 is 0 Å². The van der Waals surface area contributed by atoms with E-state index in [0.29, 0.717) is 36.1 Å². The Hall–Kier alpha value is -3.81. The van der Waals surface area contributed by atoms with E-state index in [2.05, 4.69) is 15.4 Å². The van der Waals surface area contributed by atoms with Gasteiger partial charge in [-0.1, -0.05) is 55.5 Å². The van der Waals surface area contributed by atoms with Crippen molar-refractivity contribution in [3.8, 4) is 0 Å². The third-order valence-electron chi connectivity index (χ3n) is 5.47. The number of rotatable bonds is 8. The second-order valence-electron chi connectivity index (χ2n) is 7.54. The molecule has 1 N–H and O–H groups in total. The van der Waals surface area contributed by atoms with Gasteiger partial charge in [0.05, 0.1) is 25.2 Å². The van der Waals surface area contributed by atoms with Gasteiger partial charge in [0.25, 0.3) is 5.56 Å². The van der Waals surface area contributed by atoms with E-state index in [1.54, 1.807) is 22.9 Å². The van der Waals surface area contributed by atoms with Crippen molar-refractivity contribution in [2.45, 2.75) is 32.4 Å². The number of nitrogens with one attached hydrogen (secondary N) is 1. The summed E-state index contributed by atoms with van der Waals surface area (Å²) in [4.78, 5) is 29.8. The number of nitrogens with zero attached hydrogens (tertiary/aromatic N) is 4. The maximum Gasteiger partial charge on any atom is 0.264 e. The lowest BCUT2D eigenvalue weighted by atomic mass is 9.96. The van der Waals surface area contributed by atoms with Gasteiger partial charge in [-0.15, -0.1) is 0 Å². The lowest BCUT2D eigenvalue weighted by molar-refractivity contribution is -0.122. The molecule has 0 fully saturated rings. The van der Waals surface area contributed by atoms with E-state index >= 15 is 0 Å². The molecule has 1 atom stereocenters. The summed E-state index contributed by atoms with van der Waals surface area (Å²) < 4.78 is 16.9. The van der Waals surface area contributed by atoms with E-state index in [4.69, 9.17) is 0 Å². The standard InChI is InChI=1S/C24H24FN5O2/c1-2-19(17-8-4-3-5-9-17)23(31)26-12-13-30-22-20(14-28-30)24(32)29(16-27-22)15-18-10-6-7-11-21(18)25/h3-11,14,16,19H,2,12-13,15H2,1H3,(H,26,31)/t19-/m1/s1. The summed E-state index contributed by atoms with van der Waals surface area (Å²) in [5, 5.41) is 7.56. The van der Waals surface area contributed by atoms with Gasteiger partial charge < -0.3 is 5.32 Å². The van der Waals surface area contributed by atoms with Crippen molar-refractivity contribution in [2.75, 3.05) is 6.54 Å². The Kier molecular flexibility index (Phi) is 6.39. The van der Waals surface area contributed by atoms with Crippen LogP contribution in [0.15, 0.2) is 71.9 Å². The molecule has 0 saturated heterocycles. The van der Waals surface area contributed by atoms with Crippen LogP contribution >= 0.6 is 0 Å². The van der Waals surface area contributed by atoms with Crippen LogP contribution in [0.2, 0.25) is 0 Å². The summed E-state index contributed by atoms with van der Waals surface area (Å²) in [7, 11) is 0. The highest BCUT2D eigenvalue weighted by Crippen LogP contribution is 2.19. The molecule has 0 saturated carbocycles. The Morgan fingerprint density at radius 3 is 2.62 bits per heavy atom. The van der Waals surface area contributed by atoms with E-state index in [1.165, 1.54) is 23.2 Å². The molecule has 0 radical (unpaired) electrons. The van der Waals surface area contributed by atoms with Crippen LogP contribution in [-0.4, -0.2) is 31.8 Å². The first-order valence-corrected chi connectivity index (χ1v) is 10.6. The first-order valence-electron chi connectivity index (χ1n) is 10.6. The molecule has 2 aromatic carbocycles. The third-order valence-corrected chi connectivity index (χ3v) is 5.47. The van der Waals surface area contributed by atoms with Crippen molar-refractivity contribution < 1.29 is 9.18 Å². The van der Waals surface area contributed by atoms with Crippen molar-refractivity contribution in [1.82, 2.24) is 24.6 Å². The predicted molar refractivity (Wildman–Crippen MR) is 120 cm³/mol. The summed E-state index contributed by atoms with van der Waals surface area (Å²) in [6.45, 7) is 2.81. The Morgan fingerprint density at radius 1 is 1.12 bits per heavy atom. The van der Waals surface area contributed by atoms with Crippen LogP contribution in [-0.2, 0) is 17.9 Å². The molecule has 1 amide bonds. The van der Waals surface area contributed by atoms with Gasteiger partial charge in [0, 0.05) is 12.1 Å². The molecule has 8 heteroatoms. The van der Waals surface area contributed by atoms with Crippen molar-refractivity contribution in [1.29, 1.82) is 0 Å². The average molecular weight is 433 g/mol. The highest BCUT2D eigenvalue weighted by Gasteiger charge is 2.18. The number of fused-ring (bicyclic) bond motifs is 1. The smallest absolute Gasteiger partial charge is 0.264 e. The molecule has 0 aliphatic rings. The molecule has 0 aliphatic heterocycles. The number of aromatic nitrogens is 4. The second kappa shape index (κ2) is 9.55. The molecule has 32 heavy (non-hydrogen) atoms. The van der Waals surface area contributed by atoms with E-state index in [0.717, 1.165) is 5.56 Å². The lowest BCUT2D eigenvalue weighted by Crippen LogP contribution is -2.32. The fourth-order valence-corrected chi connectivity index (χ4v) is 3.75. The number of carbonyl (C=O) groups is 1. The minimum atomic E-state index is -0.369. The Balaban J connectivity index is 1.44. The zero-order chi connectivity index (χ0) is 22.5. The summed E-state index contributed by atoms with van der Waals surface area (Å²) >= 11 is 0. The molecule has 0 spiro atoms. The molecule has 0 aliphatic carbocycles. The van der Waals surface area contributed by atoms with E-state index in [-0.39, 0.29) is 29.7 Å². The number of carbonyl (C=O) groups excluding carboxylic acids is 1. The minimum absolute atomic E-state index is 0.0460. The van der Waals surface area contributed by atoms with Gasteiger partial charge in [-0.3, -0.25) is 14.2 Å². The van der Waals surface area contributed by atoms with Crippen LogP contribution in [0.5, 0.6) is 0 Å². The van der Waals surface area contributed by atoms with Gasteiger partial charge in [0.15, 0.2) is 5.65 Å². The highest BCUT2D eigenvalue weighted by atomic mass is 19.1. The molecule has 164 valence electrons. The fraction of sp³-hybridized carbons (Fsp3) is 0.250. The molecule has 7 nitrogen and oxygen atoms in total. The highest BCUT2D eigenvalue weighted by molar-refractivity contribution is 5.83. The van der Waals surface area contributed by atoms with Crippen LogP contribution in [0.3, 0.4) is 0 Å². The quantitative estimate of drug-likeness (QED) is 0.463. The van der Waals surface area contributed by atoms with E-state index in [1.807, 2.05) is 37.3 Å². The topological polar surface area (TPSA) is 81.8 Å². The van der Waals surface area contributed by atoms with Crippen LogP contribution in [0.25, 0.3) is 11.0 Å². The van der Waals surface area contributed by atoms with E-state index in [9.17, 15) is 14.0 Å². The number of hydrogen-bond donors (Lipinski definition) is 1. The van der Waals surface area contributed by atoms with Crippen LogP contribution in [0, 0.1) is 5.82 Å². The molecule has 2 heterocycles. The van der Waals surface area contributed by atoms with Crippen LogP contribution in [0.1, 0.15) is 30.4 Å². The lowest BCUT2D eigenvalue weighted by Gasteiger charge is -2.15. The van der Waals surface area contributed by atoms with Crippen LogP contribution < -0.4 is 10.9 Å². The summed E-state index contributed by atoms with van der Waals surface area (Å²) in [5.41, 5.74) is 1.54. The monoisotopic (exact) mass is 433 g/mol. The van der Waals surface area contributed by atoms with Crippen molar-refractivity contribution in [3.63, 3.8) is 0 Å². The summed E-state index contributed by atoms with van der Waals surface area (Å²) in [6, 6.07) is 16.0. The molecule has 0 bridgehead atoms. The van der Waals surface area contributed by atoms with Gasteiger partial charge in [-0.2, -0.15) is 5.10 Å². The summed E-state index contributed by atoms with van der Waals surface area (Å²) in [6.07, 6.45) is 3.56. The van der Waals surface area contributed by atoms with Crippen molar-refractivity contribution >= 4 is 16.9 Å². The van der Waals surface area contributed by atoms with Gasteiger partial charge in [-0.05, 0) is 18.1 Å². The molecule has 0 unspecified atom stereocenters. The van der Waals surface area contributed by atoms with Gasteiger partial charge in [0.1, 0.15) is 17.5 Å². The van der Waals surface area contributed by atoms with E-state index < -0.39 is 0 Å². The number of benzene rings is 2. The normalized spacial score (nSPS) is 12.1. The average Bonchev–Trinajstić information content (AvgIpc) is 3.22. The summed E-state index contributed by atoms with van der Waals surface area (Å²) in [5.74, 6) is -0.628. The Bertz CT molecular complexity index is 1280. The SMILES string of the molecule is CC[C@@H](C(=O)NCCn1ncc2c(=O)n(Cc3ccccc3F)cnc21)c1ccccc1. The number of hydrogen-bond acceptors (Lipinski definition) is 4. The first-order chi connectivity index (χ1) is 15.6. The van der Waals surface area contributed by atoms with Crippen LogP contribution in [0.4, 0.5) is 4.39 Å².